The normalized spacial score (nSPS) is 57.4. The van der Waals surface area contributed by atoms with Crippen LogP contribution < -0.4 is 0 Å². The molecular formula is C42H68O14. The molecule has 320 valence electrons. The van der Waals surface area contributed by atoms with Gasteiger partial charge >= 0.3 is 0 Å². The molecule has 2 bridgehead atoms. The molecule has 4 heterocycles. The quantitative estimate of drug-likeness (QED) is 0.135. The van der Waals surface area contributed by atoms with E-state index in [1.165, 1.54) is 5.57 Å². The topological polar surface area (TPSA) is 217 Å². The number of aliphatic hydroxyl groups excluding tert-OH is 7. The Bertz CT molecular complexity index is 1500. The molecule has 56 heavy (non-hydrogen) atoms. The van der Waals surface area contributed by atoms with Crippen molar-refractivity contribution in [1.82, 2.24) is 0 Å². The fraction of sp³-hybridized carbons (Fsp3) is 0.952. The molecule has 8 rings (SSSR count). The van der Waals surface area contributed by atoms with Crippen LogP contribution in [0.2, 0.25) is 0 Å². The zero-order valence-electron chi connectivity index (χ0n) is 34.1. The molecule has 8 N–H and O–H groups in total. The summed E-state index contributed by atoms with van der Waals surface area (Å²) < 4.78 is 37.5. The van der Waals surface area contributed by atoms with Crippen LogP contribution in [0.1, 0.15) is 93.4 Å². The van der Waals surface area contributed by atoms with E-state index in [-0.39, 0.29) is 45.5 Å². The second-order valence-corrected chi connectivity index (χ2v) is 20.5. The van der Waals surface area contributed by atoms with Crippen molar-refractivity contribution in [1.29, 1.82) is 0 Å². The number of hydrogen-bond acceptors (Lipinski definition) is 14. The van der Waals surface area contributed by atoms with Crippen molar-refractivity contribution in [2.24, 2.45) is 51.2 Å². The van der Waals surface area contributed by atoms with Gasteiger partial charge in [0.05, 0.1) is 38.1 Å². The van der Waals surface area contributed by atoms with Crippen molar-refractivity contribution in [3.63, 3.8) is 0 Å². The number of hydrogen-bond donors (Lipinski definition) is 8. The van der Waals surface area contributed by atoms with Gasteiger partial charge in [-0.1, -0.05) is 39.3 Å². The highest BCUT2D eigenvalue weighted by molar-refractivity contribution is 5.27. The maximum absolute atomic E-state index is 12.3. The molecule has 0 aromatic rings. The Morgan fingerprint density at radius 2 is 1.39 bits per heavy atom. The molecule has 0 aromatic heterocycles. The average molecular weight is 797 g/mol. The predicted molar refractivity (Wildman–Crippen MR) is 198 cm³/mol. The van der Waals surface area contributed by atoms with Crippen LogP contribution in [0.3, 0.4) is 0 Å². The van der Waals surface area contributed by atoms with Gasteiger partial charge in [0.1, 0.15) is 48.8 Å². The minimum Gasteiger partial charge on any atom is -0.394 e. The number of rotatable bonds is 7. The molecule has 2 spiro atoms. The number of fused-ring (bicyclic) bond motifs is 4. The standard InChI is InChI=1S/C42H68O14/c1-20(2)14-21-17-51-42-18-41(19-52-42)22(34(42)40(21,7)50)8-9-26-38(5)12-11-27(37(3,4)25(38)10-13-39(26,41)6)55-36-32(49)33(29(46)24(16-44)54-36)56-35-31(48)30(47)28(45)23(15-43)53-35/h14,21-36,43-50H,8-13,15-19H2,1-7H3/t21-,22?,23?,24?,25?,26?,27-,28+,29+,30+,31?,32?,33+,34?,35-,36-,38-,39+,40?,41-,42+/m0/s1. The lowest BCUT2D eigenvalue weighted by molar-refractivity contribution is -0.370. The third-order valence-corrected chi connectivity index (χ3v) is 17.3. The van der Waals surface area contributed by atoms with Gasteiger partial charge in [0, 0.05) is 23.7 Å². The minimum atomic E-state index is -1.75. The van der Waals surface area contributed by atoms with Gasteiger partial charge in [-0.2, -0.15) is 0 Å². The second-order valence-electron chi connectivity index (χ2n) is 20.5. The van der Waals surface area contributed by atoms with Crippen LogP contribution in [0.15, 0.2) is 11.6 Å². The largest absolute Gasteiger partial charge is 0.394 e. The van der Waals surface area contributed by atoms with Gasteiger partial charge in [-0.05, 0) is 93.3 Å². The Balaban J connectivity index is 1.01. The van der Waals surface area contributed by atoms with Gasteiger partial charge in [-0.3, -0.25) is 0 Å². The summed E-state index contributed by atoms with van der Waals surface area (Å²) in [6.07, 6.45) is -6.79. The van der Waals surface area contributed by atoms with Gasteiger partial charge in [0.25, 0.3) is 0 Å². The molecular weight excluding hydrogens is 728 g/mol. The van der Waals surface area contributed by atoms with Crippen LogP contribution in [0.5, 0.6) is 0 Å². The van der Waals surface area contributed by atoms with E-state index in [4.69, 9.17) is 28.4 Å². The van der Waals surface area contributed by atoms with Gasteiger partial charge in [-0.15, -0.1) is 0 Å². The Labute approximate surface area is 330 Å². The smallest absolute Gasteiger partial charge is 0.187 e. The molecule has 4 saturated carbocycles. The zero-order valence-corrected chi connectivity index (χ0v) is 34.1. The molecule has 4 aliphatic carbocycles. The third kappa shape index (κ3) is 5.79. The predicted octanol–water partition coefficient (Wildman–Crippen LogP) is 1.36. The molecule has 4 saturated heterocycles. The first-order valence-corrected chi connectivity index (χ1v) is 21.1. The van der Waals surface area contributed by atoms with E-state index in [1.54, 1.807) is 0 Å². The van der Waals surface area contributed by atoms with Crippen molar-refractivity contribution in [2.75, 3.05) is 26.4 Å². The van der Waals surface area contributed by atoms with Crippen molar-refractivity contribution in [3.8, 4) is 0 Å². The SMILES string of the molecule is CC(C)=C[C@H]1CO[C@]23C[C@]4(CO2)C(CCC2[C@@]5(C)CC[C@H](O[C@@H]6OC(CO)[C@@H](O)[C@@H](O[C@@H]7OC(CO)[C@@H](O)[C@@H](O)C7O)C6O)C(C)(C)C5CC[C@]24C)C3C1(C)O. The summed E-state index contributed by atoms with van der Waals surface area (Å²) in [5.74, 6) is 0.0262. The summed E-state index contributed by atoms with van der Waals surface area (Å²) in [6, 6.07) is 0. The first-order valence-electron chi connectivity index (χ1n) is 21.1. The molecule has 21 atom stereocenters. The highest BCUT2D eigenvalue weighted by atomic mass is 16.7. The molecule has 14 heteroatoms. The zero-order chi connectivity index (χ0) is 40.5. The van der Waals surface area contributed by atoms with Crippen molar-refractivity contribution < 1.29 is 69.3 Å². The summed E-state index contributed by atoms with van der Waals surface area (Å²) in [5, 5.41) is 86.1. The molecule has 0 radical (unpaired) electrons. The number of ether oxygens (including phenoxy) is 6. The maximum Gasteiger partial charge on any atom is 0.187 e. The molecule has 9 unspecified atom stereocenters. The van der Waals surface area contributed by atoms with Crippen LogP contribution >= 0.6 is 0 Å². The Kier molecular flexibility index (Phi) is 10.6. The van der Waals surface area contributed by atoms with E-state index >= 15 is 0 Å². The lowest BCUT2D eigenvalue weighted by Gasteiger charge is -2.70. The fourth-order valence-corrected chi connectivity index (χ4v) is 14.6. The van der Waals surface area contributed by atoms with Crippen molar-refractivity contribution in [2.45, 2.75) is 172 Å². The molecule has 8 fully saturated rings. The highest BCUT2D eigenvalue weighted by Crippen LogP contribution is 2.80. The molecule has 0 aromatic carbocycles. The third-order valence-electron chi connectivity index (χ3n) is 17.3. The Morgan fingerprint density at radius 3 is 2.05 bits per heavy atom. The second kappa shape index (κ2) is 14.1. The van der Waals surface area contributed by atoms with Gasteiger partial charge < -0.3 is 69.3 Å². The minimum absolute atomic E-state index is 0.0284. The lowest BCUT2D eigenvalue weighted by Crippen LogP contribution is -2.68. The van der Waals surface area contributed by atoms with Crippen LogP contribution in [-0.4, -0.2) is 146 Å². The average Bonchev–Trinajstić information content (AvgIpc) is 3.67. The van der Waals surface area contributed by atoms with E-state index in [9.17, 15) is 40.9 Å². The number of allylic oxidation sites excluding steroid dienone is 1. The lowest BCUT2D eigenvalue weighted by atomic mass is 9.35. The van der Waals surface area contributed by atoms with E-state index in [2.05, 4.69) is 47.6 Å². The monoisotopic (exact) mass is 796 g/mol. The van der Waals surface area contributed by atoms with E-state index in [0.717, 1.165) is 38.5 Å². The molecule has 0 amide bonds. The van der Waals surface area contributed by atoms with Crippen LogP contribution in [-0.2, 0) is 28.4 Å². The summed E-state index contributed by atoms with van der Waals surface area (Å²) in [6.45, 7) is 15.4. The molecule has 14 nitrogen and oxygen atoms in total. The first kappa shape index (κ1) is 41.9. The van der Waals surface area contributed by atoms with Gasteiger partial charge in [-0.25, -0.2) is 0 Å². The number of aliphatic hydroxyl groups is 8. The summed E-state index contributed by atoms with van der Waals surface area (Å²) in [7, 11) is 0. The Morgan fingerprint density at radius 1 is 0.732 bits per heavy atom. The Hall–Kier alpha value is -0.820. The van der Waals surface area contributed by atoms with Gasteiger partial charge in [0.15, 0.2) is 18.4 Å². The first-order chi connectivity index (χ1) is 26.2. The van der Waals surface area contributed by atoms with E-state index in [1.807, 2.05) is 6.92 Å². The highest BCUT2D eigenvalue weighted by Gasteiger charge is 2.81. The summed E-state index contributed by atoms with van der Waals surface area (Å²) in [5.41, 5.74) is -0.302. The maximum atomic E-state index is 12.3. The fourth-order valence-electron chi connectivity index (χ4n) is 14.6. The summed E-state index contributed by atoms with van der Waals surface area (Å²) in [4.78, 5) is 0. The van der Waals surface area contributed by atoms with Crippen LogP contribution in [0.4, 0.5) is 0 Å². The summed E-state index contributed by atoms with van der Waals surface area (Å²) >= 11 is 0. The van der Waals surface area contributed by atoms with E-state index < -0.39 is 86.0 Å². The van der Waals surface area contributed by atoms with Crippen LogP contribution in [0, 0.1) is 51.2 Å². The van der Waals surface area contributed by atoms with E-state index in [0.29, 0.717) is 31.5 Å². The van der Waals surface area contributed by atoms with Crippen LogP contribution in [0.25, 0.3) is 0 Å². The molecule has 4 aliphatic heterocycles. The van der Waals surface area contributed by atoms with Crippen molar-refractivity contribution in [3.05, 3.63) is 11.6 Å². The van der Waals surface area contributed by atoms with Crippen molar-refractivity contribution >= 4 is 0 Å². The molecule has 8 aliphatic rings. The van der Waals surface area contributed by atoms with Gasteiger partial charge in [0.2, 0.25) is 0 Å².